The smallest absolute Gasteiger partial charge is 0.127 e. The number of nitrogens with zero attached hydrogens (tertiary/aromatic N) is 1. The average molecular weight is 362 g/mol. The van der Waals surface area contributed by atoms with Gasteiger partial charge in [0.25, 0.3) is 0 Å². The van der Waals surface area contributed by atoms with Gasteiger partial charge in [0.1, 0.15) is 11.5 Å². The fourth-order valence-corrected chi connectivity index (χ4v) is 4.71. The van der Waals surface area contributed by atoms with E-state index in [1.165, 1.54) is 72.3 Å². The first-order valence-corrected chi connectivity index (χ1v) is 10.6. The molecule has 142 valence electrons. The van der Waals surface area contributed by atoms with E-state index < -0.39 is 0 Å². The van der Waals surface area contributed by atoms with Crippen molar-refractivity contribution in [3.05, 3.63) is 69.7 Å². The summed E-state index contributed by atoms with van der Waals surface area (Å²) in [5, 5.41) is 0. The number of anilines is 1. The Bertz CT molecular complexity index is 816. The minimum atomic E-state index is 0.942. The van der Waals surface area contributed by atoms with E-state index in [9.17, 15) is 0 Å². The van der Waals surface area contributed by atoms with Crippen LogP contribution in [0.2, 0.25) is 0 Å². The first kappa shape index (κ1) is 18.2. The van der Waals surface area contributed by atoms with Gasteiger partial charge in [-0.3, -0.25) is 0 Å². The Morgan fingerprint density at radius 2 is 1.67 bits per heavy atom. The minimum Gasteiger partial charge on any atom is -0.462 e. The molecule has 3 heterocycles. The number of hydrogen-bond donors (Lipinski definition) is 0. The van der Waals surface area contributed by atoms with Crippen LogP contribution in [0.1, 0.15) is 63.1 Å². The molecule has 0 amide bonds. The number of allylic oxidation sites excluding steroid dienone is 6. The Labute approximate surface area is 163 Å². The van der Waals surface area contributed by atoms with E-state index in [-0.39, 0.29) is 0 Å². The van der Waals surface area contributed by atoms with Crippen LogP contribution in [0, 0.1) is 0 Å². The Hall–Kier alpha value is -2.22. The van der Waals surface area contributed by atoms with Gasteiger partial charge in [-0.15, -0.1) is 0 Å². The van der Waals surface area contributed by atoms with E-state index >= 15 is 0 Å². The third-order valence-electron chi connectivity index (χ3n) is 5.99. The zero-order valence-electron chi connectivity index (χ0n) is 17.0. The van der Waals surface area contributed by atoms with Crippen LogP contribution in [0.5, 0.6) is 0 Å². The van der Waals surface area contributed by atoms with Gasteiger partial charge in [0.15, 0.2) is 0 Å². The number of benzene rings is 1. The Morgan fingerprint density at radius 1 is 1.00 bits per heavy atom. The summed E-state index contributed by atoms with van der Waals surface area (Å²) < 4.78 is 5.97. The van der Waals surface area contributed by atoms with Gasteiger partial charge in [-0.05, 0) is 98.1 Å². The summed E-state index contributed by atoms with van der Waals surface area (Å²) in [6.07, 6.45) is 15.9. The highest BCUT2D eigenvalue weighted by Crippen LogP contribution is 2.36. The van der Waals surface area contributed by atoms with Gasteiger partial charge < -0.3 is 9.64 Å². The van der Waals surface area contributed by atoms with Crippen LogP contribution in [-0.4, -0.2) is 13.1 Å². The van der Waals surface area contributed by atoms with Crippen molar-refractivity contribution in [3.8, 4) is 0 Å². The van der Waals surface area contributed by atoms with Gasteiger partial charge in [-0.1, -0.05) is 25.5 Å². The molecular weight excluding hydrogens is 330 g/mol. The molecule has 0 aliphatic carbocycles. The van der Waals surface area contributed by atoms with Crippen LogP contribution in [0.4, 0.5) is 5.69 Å². The molecule has 1 aromatic carbocycles. The van der Waals surface area contributed by atoms with Gasteiger partial charge in [0, 0.05) is 18.8 Å². The van der Waals surface area contributed by atoms with E-state index in [2.05, 4.69) is 55.2 Å². The highest BCUT2D eigenvalue weighted by atomic mass is 16.5. The Kier molecular flexibility index (Phi) is 5.24. The van der Waals surface area contributed by atoms with Gasteiger partial charge in [0.2, 0.25) is 0 Å². The van der Waals surface area contributed by atoms with Crippen molar-refractivity contribution in [2.75, 3.05) is 18.0 Å². The molecule has 3 aliphatic heterocycles. The third kappa shape index (κ3) is 3.76. The second-order valence-electron chi connectivity index (χ2n) is 7.89. The molecule has 4 rings (SSSR count). The third-order valence-corrected chi connectivity index (χ3v) is 5.99. The van der Waals surface area contributed by atoms with Gasteiger partial charge in [-0.25, -0.2) is 0 Å². The molecule has 0 atom stereocenters. The summed E-state index contributed by atoms with van der Waals surface area (Å²) in [4.78, 5) is 2.60. The lowest BCUT2D eigenvalue weighted by atomic mass is 9.90. The van der Waals surface area contributed by atoms with Gasteiger partial charge in [-0.2, -0.15) is 0 Å². The molecule has 3 aliphatic rings. The topological polar surface area (TPSA) is 12.5 Å². The van der Waals surface area contributed by atoms with Gasteiger partial charge >= 0.3 is 0 Å². The first-order chi connectivity index (χ1) is 13.2. The summed E-state index contributed by atoms with van der Waals surface area (Å²) in [7, 11) is 0. The van der Waals surface area contributed by atoms with E-state index in [1.807, 2.05) is 6.92 Å². The molecule has 0 aromatic heterocycles. The second kappa shape index (κ2) is 7.80. The maximum Gasteiger partial charge on any atom is 0.127 e. The maximum absolute atomic E-state index is 5.97. The molecule has 2 nitrogen and oxygen atoms in total. The average Bonchev–Trinajstić information content (AvgIpc) is 2.67. The quantitative estimate of drug-likeness (QED) is 0.621. The first-order valence-electron chi connectivity index (χ1n) is 10.6. The van der Waals surface area contributed by atoms with Crippen LogP contribution in [0.25, 0.3) is 6.08 Å². The molecule has 0 N–H and O–H groups in total. The maximum atomic E-state index is 5.97. The SMILES string of the molecule is CCC(CC)=C1C=C(C)OC(/C=C/c2cc3c4c(c2)CCCN4CCC3)=C1. The van der Waals surface area contributed by atoms with E-state index in [0.29, 0.717) is 0 Å². The molecule has 1 aromatic rings. The van der Waals surface area contributed by atoms with Crippen LogP contribution in [0.15, 0.2) is 53.0 Å². The number of aryl methyl sites for hydroxylation is 2. The van der Waals surface area contributed by atoms with E-state index in [1.54, 1.807) is 0 Å². The summed E-state index contributed by atoms with van der Waals surface area (Å²) in [5.74, 6) is 1.92. The Balaban J connectivity index is 1.63. The van der Waals surface area contributed by atoms with Crippen molar-refractivity contribution in [2.45, 2.75) is 59.3 Å². The lowest BCUT2D eigenvalue weighted by Crippen LogP contribution is -2.34. The predicted molar refractivity (Wildman–Crippen MR) is 115 cm³/mol. The van der Waals surface area contributed by atoms with Crippen molar-refractivity contribution in [3.63, 3.8) is 0 Å². The summed E-state index contributed by atoms with van der Waals surface area (Å²) in [5.41, 5.74) is 8.72. The zero-order chi connectivity index (χ0) is 18.8. The van der Waals surface area contributed by atoms with Crippen LogP contribution in [0.3, 0.4) is 0 Å². The summed E-state index contributed by atoms with van der Waals surface area (Å²) in [6.45, 7) is 8.97. The van der Waals surface area contributed by atoms with Crippen LogP contribution in [-0.2, 0) is 17.6 Å². The summed E-state index contributed by atoms with van der Waals surface area (Å²) >= 11 is 0. The molecule has 0 bridgehead atoms. The fraction of sp³-hybridized carbons (Fsp3) is 0.440. The molecule has 0 radical (unpaired) electrons. The normalized spacial score (nSPS) is 18.8. The highest BCUT2D eigenvalue weighted by molar-refractivity contribution is 5.68. The van der Waals surface area contributed by atoms with Crippen LogP contribution >= 0.6 is 0 Å². The number of ether oxygens (including phenoxy) is 1. The van der Waals surface area contributed by atoms with Crippen molar-refractivity contribution in [1.82, 2.24) is 0 Å². The molecule has 0 fully saturated rings. The van der Waals surface area contributed by atoms with Crippen molar-refractivity contribution >= 4 is 11.8 Å². The standard InChI is InChI=1S/C25H31NO/c1-4-20(5-2)23-14-18(3)27-24(17-23)11-10-19-15-21-8-6-12-26-13-7-9-22(16-19)25(21)26/h10-11,14-17H,4-9,12-13H2,1-3H3/b11-10+. The molecule has 0 saturated carbocycles. The highest BCUT2D eigenvalue weighted by Gasteiger charge is 2.23. The molecular formula is C25H31NO. The minimum absolute atomic E-state index is 0.942. The lowest BCUT2D eigenvalue weighted by Gasteiger charge is -2.37. The van der Waals surface area contributed by atoms with Crippen molar-refractivity contribution < 1.29 is 4.74 Å². The molecule has 0 unspecified atom stereocenters. The fourth-order valence-electron chi connectivity index (χ4n) is 4.71. The monoisotopic (exact) mass is 361 g/mol. The zero-order valence-corrected chi connectivity index (χ0v) is 17.0. The van der Waals surface area contributed by atoms with Crippen molar-refractivity contribution in [1.29, 1.82) is 0 Å². The van der Waals surface area contributed by atoms with E-state index in [0.717, 1.165) is 24.4 Å². The molecule has 2 heteroatoms. The van der Waals surface area contributed by atoms with E-state index in [4.69, 9.17) is 4.74 Å². The van der Waals surface area contributed by atoms with Gasteiger partial charge in [0.05, 0.1) is 0 Å². The largest absolute Gasteiger partial charge is 0.462 e. The number of rotatable bonds is 4. The predicted octanol–water partition coefficient (Wildman–Crippen LogP) is 6.33. The molecule has 0 spiro atoms. The van der Waals surface area contributed by atoms with Crippen LogP contribution < -0.4 is 4.90 Å². The lowest BCUT2D eigenvalue weighted by molar-refractivity contribution is 0.318. The molecule has 0 saturated heterocycles. The second-order valence-corrected chi connectivity index (χ2v) is 7.89. The molecule has 27 heavy (non-hydrogen) atoms. The Morgan fingerprint density at radius 3 is 2.30 bits per heavy atom. The van der Waals surface area contributed by atoms with Crippen molar-refractivity contribution in [2.24, 2.45) is 0 Å². The summed E-state index contributed by atoms with van der Waals surface area (Å²) in [6, 6.07) is 4.78. The number of hydrogen-bond acceptors (Lipinski definition) is 2.